The van der Waals surface area contributed by atoms with Gasteiger partial charge in [-0.15, -0.1) is 0 Å². The highest BCUT2D eigenvalue weighted by molar-refractivity contribution is 5.43. The Morgan fingerprint density at radius 2 is 1.85 bits per heavy atom. The predicted octanol–water partition coefficient (Wildman–Crippen LogP) is 3.32. The number of ether oxygens (including phenoxy) is 1. The van der Waals surface area contributed by atoms with E-state index in [2.05, 4.69) is 58.8 Å². The molecular weight excluding hydrogens is 250 g/mol. The van der Waals surface area contributed by atoms with E-state index in [4.69, 9.17) is 4.74 Å². The Balaban J connectivity index is 3.14. The fourth-order valence-corrected chi connectivity index (χ4v) is 2.69. The summed E-state index contributed by atoms with van der Waals surface area (Å²) in [7, 11) is 4.13. The summed E-state index contributed by atoms with van der Waals surface area (Å²) in [6.45, 7) is 9.35. The van der Waals surface area contributed by atoms with Crippen molar-refractivity contribution in [2.75, 3.05) is 27.3 Å². The zero-order chi connectivity index (χ0) is 15.3. The normalized spacial score (nSPS) is 14.4. The van der Waals surface area contributed by atoms with Gasteiger partial charge < -0.3 is 14.7 Å². The van der Waals surface area contributed by atoms with Crippen LogP contribution in [0.4, 0.5) is 0 Å². The number of aliphatic hydroxyl groups excluding tert-OH is 1. The maximum Gasteiger partial charge on any atom is 0.122 e. The fraction of sp³-hybridized carbons (Fsp3) is 0.647. The molecule has 114 valence electrons. The van der Waals surface area contributed by atoms with Crippen molar-refractivity contribution >= 4 is 0 Å². The first-order valence-electron chi connectivity index (χ1n) is 7.43. The molecule has 20 heavy (non-hydrogen) atoms. The molecule has 0 radical (unpaired) electrons. The lowest BCUT2D eigenvalue weighted by Gasteiger charge is -2.31. The summed E-state index contributed by atoms with van der Waals surface area (Å²) in [6, 6.07) is 4.55. The minimum Gasteiger partial charge on any atom is -0.493 e. The molecule has 0 bridgehead atoms. The minimum absolute atomic E-state index is 0.190. The molecule has 0 aromatic heterocycles. The van der Waals surface area contributed by atoms with Gasteiger partial charge >= 0.3 is 0 Å². The summed E-state index contributed by atoms with van der Waals surface area (Å²) in [6.07, 6.45) is 1.02. The second-order valence-electron chi connectivity index (χ2n) is 5.89. The first-order valence-corrected chi connectivity index (χ1v) is 7.43. The molecule has 1 rings (SSSR count). The van der Waals surface area contributed by atoms with Crippen LogP contribution >= 0.6 is 0 Å². The Kier molecular flexibility index (Phi) is 6.50. The minimum atomic E-state index is 0.190. The molecule has 3 heteroatoms. The Morgan fingerprint density at radius 1 is 1.20 bits per heavy atom. The molecule has 0 aliphatic carbocycles. The molecule has 0 saturated carbocycles. The lowest BCUT2D eigenvalue weighted by atomic mass is 9.89. The molecule has 2 atom stereocenters. The van der Waals surface area contributed by atoms with E-state index in [0.717, 1.165) is 24.3 Å². The number of aliphatic hydroxyl groups is 1. The highest BCUT2D eigenvalue weighted by atomic mass is 16.5. The largest absolute Gasteiger partial charge is 0.493 e. The lowest BCUT2D eigenvalue weighted by Crippen LogP contribution is -2.28. The molecular formula is C17H29NO2. The number of benzene rings is 1. The fourth-order valence-electron chi connectivity index (χ4n) is 2.69. The number of rotatable bonds is 7. The summed E-state index contributed by atoms with van der Waals surface area (Å²) in [4.78, 5) is 2.18. The second kappa shape index (κ2) is 7.65. The second-order valence-corrected chi connectivity index (χ2v) is 5.89. The Morgan fingerprint density at radius 3 is 2.35 bits per heavy atom. The molecule has 1 aromatic carbocycles. The zero-order valence-corrected chi connectivity index (χ0v) is 13.7. The molecule has 1 aromatic rings. The first kappa shape index (κ1) is 17.0. The third-order valence-electron chi connectivity index (χ3n) is 3.73. The van der Waals surface area contributed by atoms with Gasteiger partial charge in [-0.3, -0.25) is 0 Å². The number of hydrogen-bond donors (Lipinski definition) is 1. The van der Waals surface area contributed by atoms with E-state index in [1.807, 2.05) is 0 Å². The smallest absolute Gasteiger partial charge is 0.122 e. The van der Waals surface area contributed by atoms with Crippen LogP contribution in [0.3, 0.4) is 0 Å². The Hall–Kier alpha value is -1.06. The van der Waals surface area contributed by atoms with Crippen LogP contribution < -0.4 is 4.74 Å². The zero-order valence-electron chi connectivity index (χ0n) is 13.7. The first-order chi connectivity index (χ1) is 9.42. The van der Waals surface area contributed by atoms with E-state index in [9.17, 15) is 5.11 Å². The molecule has 0 fully saturated rings. The van der Waals surface area contributed by atoms with E-state index < -0.39 is 0 Å². The molecule has 0 aliphatic rings. The maximum absolute atomic E-state index is 9.49. The van der Waals surface area contributed by atoms with Crippen molar-refractivity contribution in [2.24, 2.45) is 5.92 Å². The highest BCUT2D eigenvalue weighted by Crippen LogP contribution is 2.33. The quantitative estimate of drug-likeness (QED) is 0.831. The summed E-state index contributed by atoms with van der Waals surface area (Å²) >= 11 is 0. The lowest BCUT2D eigenvalue weighted by molar-refractivity contribution is 0.145. The summed E-state index contributed by atoms with van der Waals surface area (Å²) in [5, 5.41) is 9.49. The average molecular weight is 279 g/mol. The van der Waals surface area contributed by atoms with Gasteiger partial charge in [0.15, 0.2) is 0 Å². The van der Waals surface area contributed by atoms with Gasteiger partial charge in [-0.2, -0.15) is 0 Å². The molecule has 0 amide bonds. The van der Waals surface area contributed by atoms with Crippen molar-refractivity contribution in [1.29, 1.82) is 0 Å². The van der Waals surface area contributed by atoms with Crippen LogP contribution in [0.1, 0.15) is 43.0 Å². The molecule has 0 saturated heterocycles. The summed E-state index contributed by atoms with van der Waals surface area (Å²) < 4.78 is 5.79. The monoisotopic (exact) mass is 279 g/mol. The van der Waals surface area contributed by atoms with Crippen LogP contribution in [-0.2, 0) is 0 Å². The van der Waals surface area contributed by atoms with Crippen molar-refractivity contribution in [3.63, 3.8) is 0 Å². The van der Waals surface area contributed by atoms with Gasteiger partial charge in [0.25, 0.3) is 0 Å². The summed E-state index contributed by atoms with van der Waals surface area (Å²) in [5.41, 5.74) is 3.66. The van der Waals surface area contributed by atoms with Crippen molar-refractivity contribution in [3.8, 4) is 5.75 Å². The van der Waals surface area contributed by atoms with Crippen LogP contribution in [0.15, 0.2) is 12.1 Å². The average Bonchev–Trinajstić information content (AvgIpc) is 2.40. The van der Waals surface area contributed by atoms with Gasteiger partial charge in [0.1, 0.15) is 5.75 Å². The SMILES string of the molecule is CCCOc1cc(C)c(C(C(C)CO)N(C)C)cc1C. The predicted molar refractivity (Wildman–Crippen MR) is 84.4 cm³/mol. The highest BCUT2D eigenvalue weighted by Gasteiger charge is 2.23. The van der Waals surface area contributed by atoms with Gasteiger partial charge in [0.05, 0.1) is 6.61 Å². The summed E-state index contributed by atoms with van der Waals surface area (Å²) in [5.74, 6) is 1.17. The van der Waals surface area contributed by atoms with E-state index in [1.165, 1.54) is 11.1 Å². The number of nitrogens with zero attached hydrogens (tertiary/aromatic N) is 1. The maximum atomic E-state index is 9.49. The Bertz CT molecular complexity index is 429. The molecule has 1 N–H and O–H groups in total. The number of hydrogen-bond acceptors (Lipinski definition) is 3. The van der Waals surface area contributed by atoms with Crippen LogP contribution in [0.2, 0.25) is 0 Å². The van der Waals surface area contributed by atoms with Crippen molar-refractivity contribution < 1.29 is 9.84 Å². The molecule has 2 unspecified atom stereocenters. The van der Waals surface area contributed by atoms with Crippen molar-refractivity contribution in [1.82, 2.24) is 4.90 Å². The topological polar surface area (TPSA) is 32.7 Å². The van der Waals surface area contributed by atoms with Crippen molar-refractivity contribution in [2.45, 2.75) is 40.2 Å². The van der Waals surface area contributed by atoms with E-state index in [-0.39, 0.29) is 18.6 Å². The van der Waals surface area contributed by atoms with Gasteiger partial charge in [-0.25, -0.2) is 0 Å². The van der Waals surface area contributed by atoms with Crippen molar-refractivity contribution in [3.05, 3.63) is 28.8 Å². The van der Waals surface area contributed by atoms with Crippen LogP contribution in [0.25, 0.3) is 0 Å². The third kappa shape index (κ3) is 3.97. The molecule has 0 spiro atoms. The van der Waals surface area contributed by atoms with Crippen LogP contribution in [0, 0.1) is 19.8 Å². The van der Waals surface area contributed by atoms with Crippen LogP contribution in [-0.4, -0.2) is 37.3 Å². The standard InChI is InChI=1S/C17H29NO2/c1-7-8-20-16-10-12(2)15(9-13(16)3)17(18(5)6)14(4)11-19/h9-10,14,17,19H,7-8,11H2,1-6H3. The van der Waals surface area contributed by atoms with Crippen LogP contribution in [0.5, 0.6) is 5.75 Å². The molecule has 0 heterocycles. The van der Waals surface area contributed by atoms with E-state index >= 15 is 0 Å². The Labute approximate surface area is 123 Å². The van der Waals surface area contributed by atoms with Gasteiger partial charge in [0.2, 0.25) is 0 Å². The van der Waals surface area contributed by atoms with Gasteiger partial charge in [-0.05, 0) is 63.0 Å². The van der Waals surface area contributed by atoms with Gasteiger partial charge in [-0.1, -0.05) is 19.9 Å². The third-order valence-corrected chi connectivity index (χ3v) is 3.73. The van der Waals surface area contributed by atoms with Gasteiger partial charge in [0, 0.05) is 12.6 Å². The van der Waals surface area contributed by atoms with E-state index in [1.54, 1.807) is 0 Å². The number of aryl methyl sites for hydroxylation is 2. The molecule has 3 nitrogen and oxygen atoms in total. The van der Waals surface area contributed by atoms with E-state index in [0.29, 0.717) is 0 Å². The molecule has 0 aliphatic heterocycles.